The van der Waals surface area contributed by atoms with Crippen LogP contribution in [0.25, 0.3) is 0 Å². The Hall–Kier alpha value is -0.0800. The number of nitrogens with zero attached hydrogens (tertiary/aromatic N) is 1. The molecule has 4 atom stereocenters. The van der Waals surface area contributed by atoms with E-state index in [2.05, 4.69) is 39.5 Å². The average Bonchev–Trinajstić information content (AvgIpc) is 2.30. The molecule has 1 rings (SSSR count). The molecule has 1 aliphatic rings. The molecule has 19 heavy (non-hydrogen) atoms. The Bertz CT molecular complexity index is 229. The molecule has 1 N–H and O–H groups in total. The number of unbranched alkanes of at least 4 members (excludes halogenated alkanes) is 2. The zero-order valence-corrected chi connectivity index (χ0v) is 13.7. The van der Waals surface area contributed by atoms with E-state index >= 15 is 0 Å². The highest BCUT2D eigenvalue weighted by atomic mass is 16.3. The number of hydrogen-bond acceptors (Lipinski definition) is 2. The van der Waals surface area contributed by atoms with Gasteiger partial charge in [-0.1, -0.05) is 33.6 Å². The summed E-state index contributed by atoms with van der Waals surface area (Å²) >= 11 is 0. The van der Waals surface area contributed by atoms with Crippen molar-refractivity contribution in [2.45, 2.75) is 78.9 Å². The van der Waals surface area contributed by atoms with E-state index in [1.54, 1.807) is 0 Å². The maximum absolute atomic E-state index is 10.4. The molecule has 0 aromatic heterocycles. The van der Waals surface area contributed by atoms with Gasteiger partial charge in [0.15, 0.2) is 0 Å². The SMILES string of the molecule is CCCCCN(CC1C(C)CC(C)CC1O)C(C)C. The summed E-state index contributed by atoms with van der Waals surface area (Å²) in [5.74, 6) is 1.82. The van der Waals surface area contributed by atoms with Crippen molar-refractivity contribution >= 4 is 0 Å². The molecule has 0 heterocycles. The molecular formula is C17H35NO. The largest absolute Gasteiger partial charge is 0.393 e. The molecular weight excluding hydrogens is 234 g/mol. The number of hydrogen-bond donors (Lipinski definition) is 1. The number of aliphatic hydroxyl groups excluding tert-OH is 1. The van der Waals surface area contributed by atoms with Crippen molar-refractivity contribution in [1.82, 2.24) is 4.90 Å². The van der Waals surface area contributed by atoms with Crippen LogP contribution in [-0.4, -0.2) is 35.2 Å². The molecule has 0 radical (unpaired) electrons. The van der Waals surface area contributed by atoms with Gasteiger partial charge in [-0.2, -0.15) is 0 Å². The van der Waals surface area contributed by atoms with Crippen molar-refractivity contribution in [3.8, 4) is 0 Å². The summed E-state index contributed by atoms with van der Waals surface area (Å²) in [5.41, 5.74) is 0. The van der Waals surface area contributed by atoms with Crippen molar-refractivity contribution in [1.29, 1.82) is 0 Å². The molecule has 4 unspecified atom stereocenters. The lowest BCUT2D eigenvalue weighted by Crippen LogP contribution is -2.45. The molecule has 2 nitrogen and oxygen atoms in total. The van der Waals surface area contributed by atoms with E-state index in [-0.39, 0.29) is 6.10 Å². The lowest BCUT2D eigenvalue weighted by Gasteiger charge is -2.41. The molecule has 1 saturated carbocycles. The standard InChI is InChI=1S/C17H35NO/c1-6-7-8-9-18(13(2)3)12-16-15(5)10-14(4)11-17(16)19/h13-17,19H,6-12H2,1-5H3. The van der Waals surface area contributed by atoms with Crippen molar-refractivity contribution in [3.63, 3.8) is 0 Å². The first-order chi connectivity index (χ1) is 8.95. The normalized spacial score (nSPS) is 32.2. The minimum absolute atomic E-state index is 0.0915. The van der Waals surface area contributed by atoms with Gasteiger partial charge in [0.05, 0.1) is 6.10 Å². The van der Waals surface area contributed by atoms with Gasteiger partial charge >= 0.3 is 0 Å². The fourth-order valence-corrected chi connectivity index (χ4v) is 3.57. The van der Waals surface area contributed by atoms with Crippen molar-refractivity contribution in [3.05, 3.63) is 0 Å². The number of rotatable bonds is 7. The van der Waals surface area contributed by atoms with Gasteiger partial charge in [0.25, 0.3) is 0 Å². The van der Waals surface area contributed by atoms with Gasteiger partial charge in [0.2, 0.25) is 0 Å². The third-order valence-electron chi connectivity index (χ3n) is 4.87. The maximum atomic E-state index is 10.4. The summed E-state index contributed by atoms with van der Waals surface area (Å²) in [4.78, 5) is 2.58. The van der Waals surface area contributed by atoms with Crippen LogP contribution in [0.2, 0.25) is 0 Å². The Balaban J connectivity index is 2.52. The van der Waals surface area contributed by atoms with E-state index in [1.807, 2.05) is 0 Å². The first-order valence-corrected chi connectivity index (χ1v) is 8.37. The third kappa shape index (κ3) is 5.43. The summed E-state index contributed by atoms with van der Waals surface area (Å²) in [6.07, 6.45) is 6.08. The van der Waals surface area contributed by atoms with Crippen molar-refractivity contribution < 1.29 is 5.11 Å². The molecule has 0 spiro atoms. The molecule has 1 aliphatic carbocycles. The second kappa shape index (κ2) is 8.26. The topological polar surface area (TPSA) is 23.5 Å². The second-order valence-electron chi connectivity index (χ2n) is 7.08. The van der Waals surface area contributed by atoms with E-state index < -0.39 is 0 Å². The molecule has 0 aromatic rings. The van der Waals surface area contributed by atoms with E-state index in [0.717, 1.165) is 13.0 Å². The van der Waals surface area contributed by atoms with Crippen LogP contribution >= 0.6 is 0 Å². The minimum atomic E-state index is -0.0915. The highest BCUT2D eigenvalue weighted by molar-refractivity contribution is 4.85. The summed E-state index contributed by atoms with van der Waals surface area (Å²) < 4.78 is 0. The van der Waals surface area contributed by atoms with Crippen LogP contribution in [0.1, 0.15) is 66.7 Å². The average molecular weight is 269 g/mol. The predicted octanol–water partition coefficient (Wildman–Crippen LogP) is 3.93. The molecule has 0 amide bonds. The van der Waals surface area contributed by atoms with Gasteiger partial charge < -0.3 is 10.0 Å². The van der Waals surface area contributed by atoms with Gasteiger partial charge in [-0.05, 0) is 51.5 Å². The van der Waals surface area contributed by atoms with E-state index in [9.17, 15) is 5.11 Å². The minimum Gasteiger partial charge on any atom is -0.393 e. The Labute approximate surface area is 120 Å². The monoisotopic (exact) mass is 269 g/mol. The first kappa shape index (κ1) is 17.0. The molecule has 1 fully saturated rings. The highest BCUT2D eigenvalue weighted by Crippen LogP contribution is 2.34. The lowest BCUT2D eigenvalue weighted by atomic mass is 9.73. The van der Waals surface area contributed by atoms with E-state index in [4.69, 9.17) is 0 Å². The fraction of sp³-hybridized carbons (Fsp3) is 1.00. The summed E-state index contributed by atoms with van der Waals surface area (Å²) in [6.45, 7) is 13.7. The van der Waals surface area contributed by atoms with E-state index in [1.165, 1.54) is 32.2 Å². The summed E-state index contributed by atoms with van der Waals surface area (Å²) in [6, 6.07) is 0.593. The molecule has 114 valence electrons. The summed E-state index contributed by atoms with van der Waals surface area (Å²) in [5, 5.41) is 10.4. The molecule has 0 saturated heterocycles. The van der Waals surface area contributed by atoms with E-state index in [0.29, 0.717) is 23.8 Å². The smallest absolute Gasteiger partial charge is 0.0585 e. The quantitative estimate of drug-likeness (QED) is 0.708. The Kier molecular flexibility index (Phi) is 7.38. The Morgan fingerprint density at radius 2 is 1.84 bits per heavy atom. The van der Waals surface area contributed by atoms with Crippen molar-refractivity contribution in [2.24, 2.45) is 17.8 Å². The molecule has 2 heteroatoms. The van der Waals surface area contributed by atoms with Gasteiger partial charge in [-0.15, -0.1) is 0 Å². The van der Waals surface area contributed by atoms with Crippen molar-refractivity contribution in [2.75, 3.05) is 13.1 Å². The van der Waals surface area contributed by atoms with Gasteiger partial charge in [0, 0.05) is 18.5 Å². The Morgan fingerprint density at radius 3 is 2.37 bits per heavy atom. The lowest BCUT2D eigenvalue weighted by molar-refractivity contribution is -0.00699. The van der Waals surface area contributed by atoms with Crippen LogP contribution < -0.4 is 0 Å². The van der Waals surface area contributed by atoms with Crippen LogP contribution in [0.15, 0.2) is 0 Å². The van der Waals surface area contributed by atoms with Gasteiger partial charge in [-0.3, -0.25) is 0 Å². The second-order valence-corrected chi connectivity index (χ2v) is 7.08. The summed E-state index contributed by atoms with van der Waals surface area (Å²) in [7, 11) is 0. The van der Waals surface area contributed by atoms with Crippen LogP contribution in [0, 0.1) is 17.8 Å². The first-order valence-electron chi connectivity index (χ1n) is 8.37. The molecule has 0 aromatic carbocycles. The number of aliphatic hydroxyl groups is 1. The van der Waals surface area contributed by atoms with Gasteiger partial charge in [-0.25, -0.2) is 0 Å². The zero-order valence-electron chi connectivity index (χ0n) is 13.7. The predicted molar refractivity (Wildman–Crippen MR) is 83.3 cm³/mol. The molecule has 0 aliphatic heterocycles. The molecule has 0 bridgehead atoms. The highest BCUT2D eigenvalue weighted by Gasteiger charge is 2.34. The van der Waals surface area contributed by atoms with Crippen LogP contribution in [-0.2, 0) is 0 Å². The maximum Gasteiger partial charge on any atom is 0.0585 e. The zero-order chi connectivity index (χ0) is 14.4. The fourth-order valence-electron chi connectivity index (χ4n) is 3.57. The van der Waals surface area contributed by atoms with Crippen LogP contribution in [0.3, 0.4) is 0 Å². The Morgan fingerprint density at radius 1 is 1.16 bits per heavy atom. The van der Waals surface area contributed by atoms with Gasteiger partial charge in [0.1, 0.15) is 0 Å². The van der Waals surface area contributed by atoms with Crippen LogP contribution in [0.5, 0.6) is 0 Å². The third-order valence-corrected chi connectivity index (χ3v) is 4.87. The van der Waals surface area contributed by atoms with Crippen LogP contribution in [0.4, 0.5) is 0 Å².